The molecule has 0 radical (unpaired) electrons. The van der Waals surface area contributed by atoms with Crippen molar-refractivity contribution in [3.05, 3.63) is 23.3 Å². The van der Waals surface area contributed by atoms with Gasteiger partial charge < -0.3 is 14.2 Å². The van der Waals surface area contributed by atoms with Gasteiger partial charge in [-0.3, -0.25) is 14.4 Å². The lowest BCUT2D eigenvalue weighted by molar-refractivity contribution is -0.167. The van der Waals surface area contributed by atoms with Crippen LogP contribution < -0.4 is 0 Å². The highest BCUT2D eigenvalue weighted by Gasteiger charge is 2.39. The lowest BCUT2D eigenvalue weighted by atomic mass is 9.86. The van der Waals surface area contributed by atoms with E-state index in [0.717, 1.165) is 24.7 Å². The molecule has 0 aromatic rings. The number of carbonyl (C=O) groups is 3. The van der Waals surface area contributed by atoms with Crippen molar-refractivity contribution >= 4 is 18.2 Å². The Morgan fingerprint density at radius 3 is 2.50 bits per heavy atom. The van der Waals surface area contributed by atoms with Gasteiger partial charge in [-0.2, -0.15) is 0 Å². The van der Waals surface area contributed by atoms with Crippen molar-refractivity contribution in [1.82, 2.24) is 0 Å². The van der Waals surface area contributed by atoms with Crippen LogP contribution in [-0.2, 0) is 28.6 Å². The van der Waals surface area contributed by atoms with E-state index in [2.05, 4.69) is 13.0 Å². The fourth-order valence-electron chi connectivity index (χ4n) is 3.81. The van der Waals surface area contributed by atoms with Gasteiger partial charge >= 0.3 is 11.9 Å². The standard InChI is InChI=1S/C24H38O6/c1-17(2)9-11-22(29-19(4)26)18(3)8-7-14-24(6)23(30-20(5)27)12-10-21(13-15-25)16-28-24/h9,13,15,18,22-23H,7-8,10-12,14,16H2,1-6H3/t18?,22?,23-,24?/m1/s1. The first-order valence-electron chi connectivity index (χ1n) is 10.8. The molecule has 170 valence electrons. The van der Waals surface area contributed by atoms with E-state index in [-0.39, 0.29) is 30.1 Å². The summed E-state index contributed by atoms with van der Waals surface area (Å²) >= 11 is 0. The first-order chi connectivity index (χ1) is 14.1. The maximum atomic E-state index is 11.6. The third kappa shape index (κ3) is 9.24. The molecule has 1 fully saturated rings. The van der Waals surface area contributed by atoms with Gasteiger partial charge in [-0.1, -0.05) is 25.0 Å². The van der Waals surface area contributed by atoms with Crippen LogP contribution in [-0.4, -0.2) is 42.6 Å². The summed E-state index contributed by atoms with van der Waals surface area (Å²) in [5.74, 6) is -0.406. The molecule has 0 aliphatic carbocycles. The van der Waals surface area contributed by atoms with Crippen LogP contribution in [0.5, 0.6) is 0 Å². The minimum absolute atomic E-state index is 0.161. The summed E-state index contributed by atoms with van der Waals surface area (Å²) in [6, 6.07) is 0. The monoisotopic (exact) mass is 422 g/mol. The Labute approximate surface area is 181 Å². The van der Waals surface area contributed by atoms with Crippen LogP contribution in [0.1, 0.15) is 80.1 Å². The average Bonchev–Trinajstić information content (AvgIpc) is 2.78. The molecular formula is C24H38O6. The molecule has 1 aliphatic heterocycles. The first kappa shape index (κ1) is 26.1. The Kier molecular flexibility index (Phi) is 11.0. The van der Waals surface area contributed by atoms with Crippen molar-refractivity contribution in [3.8, 4) is 0 Å². The maximum Gasteiger partial charge on any atom is 0.303 e. The molecule has 0 spiro atoms. The van der Waals surface area contributed by atoms with Crippen molar-refractivity contribution in [2.24, 2.45) is 5.92 Å². The largest absolute Gasteiger partial charge is 0.462 e. The normalized spacial score (nSPS) is 25.0. The predicted molar refractivity (Wildman–Crippen MR) is 116 cm³/mol. The van der Waals surface area contributed by atoms with Gasteiger partial charge in [0.15, 0.2) is 0 Å². The summed E-state index contributed by atoms with van der Waals surface area (Å²) in [6.45, 7) is 11.3. The molecular weight excluding hydrogens is 384 g/mol. The number of ether oxygens (including phenoxy) is 3. The van der Waals surface area contributed by atoms with Crippen LogP contribution >= 0.6 is 0 Å². The summed E-state index contributed by atoms with van der Waals surface area (Å²) < 4.78 is 17.3. The van der Waals surface area contributed by atoms with Crippen LogP contribution in [0.15, 0.2) is 23.3 Å². The second-order valence-electron chi connectivity index (χ2n) is 8.73. The van der Waals surface area contributed by atoms with Gasteiger partial charge in [-0.05, 0) is 64.0 Å². The summed E-state index contributed by atoms with van der Waals surface area (Å²) in [4.78, 5) is 34.0. The Hall–Kier alpha value is -1.95. The Morgan fingerprint density at radius 1 is 1.23 bits per heavy atom. The molecule has 1 saturated heterocycles. The number of rotatable bonds is 10. The van der Waals surface area contributed by atoms with Crippen molar-refractivity contribution < 1.29 is 28.6 Å². The molecule has 0 aromatic heterocycles. The smallest absolute Gasteiger partial charge is 0.303 e. The van der Waals surface area contributed by atoms with Gasteiger partial charge in [-0.25, -0.2) is 0 Å². The van der Waals surface area contributed by atoms with E-state index in [0.29, 0.717) is 32.3 Å². The number of esters is 2. The fraction of sp³-hybridized carbons (Fsp3) is 0.708. The van der Waals surface area contributed by atoms with E-state index in [1.54, 1.807) is 0 Å². The number of hydrogen-bond donors (Lipinski definition) is 0. The minimum atomic E-state index is -0.624. The molecule has 1 rings (SSSR count). The number of carbonyl (C=O) groups excluding carboxylic acids is 3. The molecule has 6 heteroatoms. The van der Waals surface area contributed by atoms with Crippen LogP contribution in [0.4, 0.5) is 0 Å². The van der Waals surface area contributed by atoms with Crippen LogP contribution in [0.3, 0.4) is 0 Å². The van der Waals surface area contributed by atoms with Crippen molar-refractivity contribution in [3.63, 3.8) is 0 Å². The van der Waals surface area contributed by atoms with E-state index in [9.17, 15) is 14.4 Å². The Morgan fingerprint density at radius 2 is 1.93 bits per heavy atom. The minimum Gasteiger partial charge on any atom is -0.462 e. The van der Waals surface area contributed by atoms with Gasteiger partial charge in [0.1, 0.15) is 24.1 Å². The molecule has 4 atom stereocenters. The first-order valence-corrected chi connectivity index (χ1v) is 10.8. The third-order valence-corrected chi connectivity index (χ3v) is 5.65. The van der Waals surface area contributed by atoms with Crippen LogP contribution in [0.25, 0.3) is 0 Å². The second kappa shape index (κ2) is 12.7. The Balaban J connectivity index is 2.79. The average molecular weight is 423 g/mol. The molecule has 0 saturated carbocycles. The van der Waals surface area contributed by atoms with Crippen LogP contribution in [0, 0.1) is 5.92 Å². The van der Waals surface area contributed by atoms with Gasteiger partial charge in [0, 0.05) is 20.3 Å². The van der Waals surface area contributed by atoms with Crippen molar-refractivity contribution in [2.45, 2.75) is 97.9 Å². The summed E-state index contributed by atoms with van der Waals surface area (Å²) in [6.07, 6.45) is 8.28. The van der Waals surface area contributed by atoms with Gasteiger partial charge in [-0.15, -0.1) is 0 Å². The van der Waals surface area contributed by atoms with Crippen LogP contribution in [0.2, 0.25) is 0 Å². The molecule has 0 aromatic carbocycles. The quantitative estimate of drug-likeness (QED) is 0.220. The molecule has 6 nitrogen and oxygen atoms in total. The SMILES string of the molecule is CC(=O)OC(CC=C(C)C)C(C)CCCC1(C)OCC(=CC=O)CC[C@H]1OC(C)=O. The van der Waals surface area contributed by atoms with Gasteiger partial charge in [0.2, 0.25) is 0 Å². The summed E-state index contributed by atoms with van der Waals surface area (Å²) in [7, 11) is 0. The zero-order valence-corrected chi connectivity index (χ0v) is 19.4. The lowest BCUT2D eigenvalue weighted by Crippen LogP contribution is -2.43. The highest BCUT2D eigenvalue weighted by Crippen LogP contribution is 2.34. The predicted octanol–water partition coefficient (Wildman–Crippen LogP) is 4.71. The van der Waals surface area contributed by atoms with E-state index in [1.165, 1.54) is 25.5 Å². The molecule has 0 bridgehead atoms. The van der Waals surface area contributed by atoms with Gasteiger partial charge in [0.05, 0.1) is 6.61 Å². The molecule has 0 N–H and O–H groups in total. The zero-order chi connectivity index (χ0) is 22.7. The van der Waals surface area contributed by atoms with E-state index < -0.39 is 5.60 Å². The highest BCUT2D eigenvalue weighted by molar-refractivity contribution is 5.67. The molecule has 0 amide bonds. The lowest BCUT2D eigenvalue weighted by Gasteiger charge is -2.35. The summed E-state index contributed by atoms with van der Waals surface area (Å²) in [5.41, 5.74) is 1.48. The van der Waals surface area contributed by atoms with E-state index in [1.807, 2.05) is 20.8 Å². The molecule has 3 unspecified atom stereocenters. The molecule has 1 heterocycles. The van der Waals surface area contributed by atoms with E-state index >= 15 is 0 Å². The summed E-state index contributed by atoms with van der Waals surface area (Å²) in [5, 5.41) is 0. The highest BCUT2D eigenvalue weighted by atomic mass is 16.6. The molecule has 1 aliphatic rings. The van der Waals surface area contributed by atoms with Crippen molar-refractivity contribution in [2.75, 3.05) is 6.61 Å². The topological polar surface area (TPSA) is 78.9 Å². The number of hydrogen-bond acceptors (Lipinski definition) is 6. The number of aldehydes is 1. The zero-order valence-electron chi connectivity index (χ0n) is 19.4. The van der Waals surface area contributed by atoms with Gasteiger partial charge in [0.25, 0.3) is 0 Å². The van der Waals surface area contributed by atoms with E-state index in [4.69, 9.17) is 14.2 Å². The fourth-order valence-corrected chi connectivity index (χ4v) is 3.81. The van der Waals surface area contributed by atoms with Crippen molar-refractivity contribution in [1.29, 1.82) is 0 Å². The maximum absolute atomic E-state index is 11.6. The second-order valence-corrected chi connectivity index (χ2v) is 8.73. The third-order valence-electron chi connectivity index (χ3n) is 5.65. The number of allylic oxidation sites excluding steroid dienone is 2. The Bertz CT molecular complexity index is 646. The molecule has 30 heavy (non-hydrogen) atoms.